The van der Waals surface area contributed by atoms with Crippen molar-refractivity contribution in [3.8, 4) is 5.75 Å². The first kappa shape index (κ1) is 17.5. The van der Waals surface area contributed by atoms with Crippen molar-refractivity contribution >= 4 is 15.9 Å². The molecule has 3 nitrogen and oxygen atoms in total. The van der Waals surface area contributed by atoms with Crippen LogP contribution in [0.25, 0.3) is 0 Å². The molecule has 4 heteroatoms. The number of ether oxygens (including phenoxy) is 2. The second kappa shape index (κ2) is 8.65. The van der Waals surface area contributed by atoms with Crippen molar-refractivity contribution < 1.29 is 9.47 Å². The fraction of sp³-hybridized carbons (Fsp3) is 0.625. The van der Waals surface area contributed by atoms with Crippen molar-refractivity contribution in [3.63, 3.8) is 0 Å². The van der Waals surface area contributed by atoms with Crippen LogP contribution in [-0.2, 0) is 11.3 Å². The number of hydrogen-bond donors (Lipinski definition) is 1. The Morgan fingerprint density at radius 1 is 1.15 bits per heavy atom. The third kappa shape index (κ3) is 7.27. The molecule has 0 saturated carbocycles. The molecular formula is C16H26BrNO2. The van der Waals surface area contributed by atoms with E-state index in [2.05, 4.69) is 55.0 Å². The minimum atomic E-state index is 0.0871. The molecule has 1 aromatic carbocycles. The summed E-state index contributed by atoms with van der Waals surface area (Å²) in [7, 11) is 0. The van der Waals surface area contributed by atoms with Crippen LogP contribution in [0.2, 0.25) is 0 Å². The summed E-state index contributed by atoms with van der Waals surface area (Å²) in [6.07, 6.45) is 1.04. The van der Waals surface area contributed by atoms with E-state index < -0.39 is 0 Å². The normalized spacial score (nSPS) is 11.7. The van der Waals surface area contributed by atoms with Gasteiger partial charge in [0.25, 0.3) is 0 Å². The Hall–Kier alpha value is -0.580. The summed E-state index contributed by atoms with van der Waals surface area (Å²) >= 11 is 3.51. The first-order valence-electron chi connectivity index (χ1n) is 7.16. The highest BCUT2D eigenvalue weighted by Gasteiger charge is 2.11. The van der Waals surface area contributed by atoms with Gasteiger partial charge in [-0.25, -0.2) is 0 Å². The molecule has 0 bridgehead atoms. The molecular weight excluding hydrogens is 318 g/mol. The summed E-state index contributed by atoms with van der Waals surface area (Å²) in [5.41, 5.74) is 1.24. The minimum Gasteiger partial charge on any atom is -0.491 e. The van der Waals surface area contributed by atoms with Crippen molar-refractivity contribution in [2.75, 3.05) is 19.8 Å². The summed E-state index contributed by atoms with van der Waals surface area (Å²) in [6, 6.07) is 6.10. The molecule has 0 unspecified atom stereocenters. The molecule has 0 heterocycles. The van der Waals surface area contributed by atoms with E-state index in [1.807, 2.05) is 12.1 Å². The monoisotopic (exact) mass is 343 g/mol. The van der Waals surface area contributed by atoms with Crippen molar-refractivity contribution in [1.82, 2.24) is 5.32 Å². The van der Waals surface area contributed by atoms with Crippen molar-refractivity contribution in [2.45, 2.75) is 46.2 Å². The topological polar surface area (TPSA) is 30.5 Å². The zero-order valence-corrected chi connectivity index (χ0v) is 14.5. The molecule has 0 aromatic heterocycles. The highest BCUT2D eigenvalue weighted by atomic mass is 79.9. The van der Waals surface area contributed by atoms with Crippen molar-refractivity contribution in [3.05, 3.63) is 28.2 Å². The molecule has 1 aromatic rings. The predicted octanol–water partition coefficient (Wildman–Crippen LogP) is 4.14. The Morgan fingerprint density at radius 2 is 1.90 bits per heavy atom. The average Bonchev–Trinajstić information content (AvgIpc) is 2.37. The van der Waals surface area contributed by atoms with E-state index in [9.17, 15) is 0 Å². The zero-order valence-electron chi connectivity index (χ0n) is 13.0. The van der Waals surface area contributed by atoms with Crippen LogP contribution >= 0.6 is 15.9 Å². The maximum atomic E-state index is 5.82. The van der Waals surface area contributed by atoms with Crippen molar-refractivity contribution in [1.29, 1.82) is 0 Å². The quantitative estimate of drug-likeness (QED) is 0.719. The molecule has 20 heavy (non-hydrogen) atoms. The van der Waals surface area contributed by atoms with Crippen LogP contribution in [-0.4, -0.2) is 25.4 Å². The Bertz CT molecular complexity index is 402. The Balaban J connectivity index is 2.56. The Morgan fingerprint density at radius 3 is 2.55 bits per heavy atom. The summed E-state index contributed by atoms with van der Waals surface area (Å²) in [5.74, 6) is 0.921. The van der Waals surface area contributed by atoms with Crippen LogP contribution in [0.1, 0.15) is 39.7 Å². The number of rotatable bonds is 8. The van der Waals surface area contributed by atoms with Gasteiger partial charge in [0.15, 0.2) is 0 Å². The van der Waals surface area contributed by atoms with Crippen molar-refractivity contribution in [2.24, 2.45) is 0 Å². The first-order valence-corrected chi connectivity index (χ1v) is 7.95. The molecule has 0 saturated heterocycles. The van der Waals surface area contributed by atoms with Gasteiger partial charge < -0.3 is 14.8 Å². The van der Waals surface area contributed by atoms with Gasteiger partial charge in [-0.2, -0.15) is 0 Å². The van der Waals surface area contributed by atoms with Crippen LogP contribution in [0, 0.1) is 0 Å². The van der Waals surface area contributed by atoms with Gasteiger partial charge in [0.05, 0.1) is 6.61 Å². The van der Waals surface area contributed by atoms with E-state index in [0.717, 1.165) is 35.4 Å². The third-order valence-electron chi connectivity index (χ3n) is 2.67. The van der Waals surface area contributed by atoms with Crippen LogP contribution in [0.15, 0.2) is 22.7 Å². The molecule has 114 valence electrons. The molecule has 0 spiro atoms. The van der Waals surface area contributed by atoms with E-state index in [1.165, 1.54) is 0 Å². The van der Waals surface area contributed by atoms with Gasteiger partial charge in [-0.1, -0.05) is 22.9 Å². The lowest BCUT2D eigenvalue weighted by atomic mass is 10.1. The van der Waals surface area contributed by atoms with Crippen LogP contribution in [0.5, 0.6) is 5.75 Å². The van der Waals surface area contributed by atoms with E-state index in [0.29, 0.717) is 13.2 Å². The maximum absolute atomic E-state index is 5.82. The maximum Gasteiger partial charge on any atom is 0.123 e. The highest BCUT2D eigenvalue weighted by Crippen LogP contribution is 2.23. The summed E-state index contributed by atoms with van der Waals surface area (Å²) in [5, 5.41) is 3.48. The molecule has 0 aliphatic rings. The molecule has 1 rings (SSSR count). The molecule has 0 fully saturated rings. The first-order chi connectivity index (χ1) is 9.42. The number of nitrogens with one attached hydrogen (secondary N) is 1. The number of halogens is 1. The third-order valence-corrected chi connectivity index (χ3v) is 3.16. The average molecular weight is 344 g/mol. The second-order valence-corrected chi connectivity index (χ2v) is 6.73. The zero-order chi connectivity index (χ0) is 15.0. The van der Waals surface area contributed by atoms with Gasteiger partial charge in [0, 0.05) is 28.7 Å². The molecule has 0 atom stereocenters. The molecule has 1 N–H and O–H groups in total. The Labute approximate surface area is 131 Å². The fourth-order valence-corrected chi connectivity index (χ4v) is 2.05. The van der Waals surface area contributed by atoms with Gasteiger partial charge in [-0.3, -0.25) is 0 Å². The molecule has 0 amide bonds. The van der Waals surface area contributed by atoms with Gasteiger partial charge >= 0.3 is 0 Å². The lowest BCUT2D eigenvalue weighted by Crippen LogP contribution is -2.35. The van der Waals surface area contributed by atoms with Crippen LogP contribution in [0.3, 0.4) is 0 Å². The van der Waals surface area contributed by atoms with Crippen LogP contribution < -0.4 is 10.1 Å². The summed E-state index contributed by atoms with van der Waals surface area (Å²) < 4.78 is 12.3. The van der Waals surface area contributed by atoms with Gasteiger partial charge in [0.1, 0.15) is 12.4 Å². The molecule has 0 radical (unpaired) electrons. The van der Waals surface area contributed by atoms with Gasteiger partial charge in [-0.05, 0) is 45.4 Å². The standard InChI is InChI=1S/C16H26BrNO2/c1-5-8-19-9-10-20-15-7-6-14(17)11-13(15)12-18-16(2,3)4/h6-7,11,18H,5,8-10,12H2,1-4H3. The summed E-state index contributed by atoms with van der Waals surface area (Å²) in [4.78, 5) is 0. The second-order valence-electron chi connectivity index (χ2n) is 5.82. The highest BCUT2D eigenvalue weighted by molar-refractivity contribution is 9.10. The van der Waals surface area contributed by atoms with E-state index in [1.54, 1.807) is 0 Å². The minimum absolute atomic E-state index is 0.0871. The van der Waals surface area contributed by atoms with Crippen LogP contribution in [0.4, 0.5) is 0 Å². The lowest BCUT2D eigenvalue weighted by Gasteiger charge is -2.22. The van der Waals surface area contributed by atoms with Gasteiger partial charge in [0.2, 0.25) is 0 Å². The summed E-state index contributed by atoms with van der Waals surface area (Å²) in [6.45, 7) is 11.4. The fourth-order valence-electron chi connectivity index (χ4n) is 1.64. The van der Waals surface area contributed by atoms with E-state index >= 15 is 0 Å². The van der Waals surface area contributed by atoms with Gasteiger partial charge in [-0.15, -0.1) is 0 Å². The SMILES string of the molecule is CCCOCCOc1ccc(Br)cc1CNC(C)(C)C. The Kier molecular flexibility index (Phi) is 7.56. The number of hydrogen-bond acceptors (Lipinski definition) is 3. The molecule has 0 aliphatic carbocycles. The van der Waals surface area contributed by atoms with E-state index in [4.69, 9.17) is 9.47 Å². The smallest absolute Gasteiger partial charge is 0.123 e. The largest absolute Gasteiger partial charge is 0.491 e. The predicted molar refractivity (Wildman–Crippen MR) is 87.3 cm³/mol. The number of benzene rings is 1. The molecule has 0 aliphatic heterocycles. The van der Waals surface area contributed by atoms with E-state index in [-0.39, 0.29) is 5.54 Å². The lowest BCUT2D eigenvalue weighted by molar-refractivity contribution is 0.100.